The fraction of sp³-hybridized carbons (Fsp3) is 0. The summed E-state index contributed by atoms with van der Waals surface area (Å²) in [4.78, 5) is 0. The molecule has 1 nitrogen and oxygen atoms in total. The van der Waals surface area contributed by atoms with Crippen molar-refractivity contribution in [2.24, 2.45) is 0 Å². The van der Waals surface area contributed by atoms with E-state index < -0.39 is 0 Å². The Balaban J connectivity index is 2.87. The number of aromatic hydroxyl groups is 1. The summed E-state index contributed by atoms with van der Waals surface area (Å²) in [6.07, 6.45) is 0. The van der Waals surface area contributed by atoms with Gasteiger partial charge in [-0.05, 0) is 0 Å². The van der Waals surface area contributed by atoms with Gasteiger partial charge in [0.15, 0.2) is 0 Å². The van der Waals surface area contributed by atoms with Crippen molar-refractivity contribution in [2.75, 3.05) is 0 Å². The molecule has 54 valence electrons. The van der Waals surface area contributed by atoms with Gasteiger partial charge in [-0.1, -0.05) is 0 Å². The molecule has 3 heteroatoms. The van der Waals surface area contributed by atoms with Crippen molar-refractivity contribution in [3.05, 3.63) is 30.3 Å². The molecule has 0 heterocycles. The Kier molecular flexibility index (Phi) is 4.11. The summed E-state index contributed by atoms with van der Waals surface area (Å²) in [5.74, 6) is 0.378. The van der Waals surface area contributed by atoms with E-state index >= 15 is 0 Å². The SMILES string of the molecule is Oc1ccc2c[c]([K])c[c]([K])c2c1. The van der Waals surface area contributed by atoms with Crippen molar-refractivity contribution in [2.45, 2.75) is 0 Å². The van der Waals surface area contributed by atoms with Crippen molar-refractivity contribution in [1.29, 1.82) is 0 Å². The van der Waals surface area contributed by atoms with Crippen LogP contribution in [0.5, 0.6) is 5.75 Å². The van der Waals surface area contributed by atoms with E-state index in [1.54, 1.807) is 6.07 Å². The van der Waals surface area contributed by atoms with Gasteiger partial charge >= 0.3 is 149 Å². The fourth-order valence-electron chi connectivity index (χ4n) is 1.72. The average molecular weight is 220 g/mol. The van der Waals surface area contributed by atoms with Crippen molar-refractivity contribution in [1.82, 2.24) is 0 Å². The molecule has 2 aromatic carbocycles. The third kappa shape index (κ3) is 2.66. The molecule has 0 saturated heterocycles. The molecule has 0 atom stereocenters. The summed E-state index contributed by atoms with van der Waals surface area (Å²) in [7, 11) is 0. The molecule has 0 aromatic heterocycles. The minimum atomic E-state index is 0.378. The topological polar surface area (TPSA) is 20.2 Å². The van der Waals surface area contributed by atoms with Gasteiger partial charge in [-0.15, -0.1) is 0 Å². The number of hydrogen-bond acceptors (Lipinski definition) is 1. The predicted molar refractivity (Wildman–Crippen MR) is 56.4 cm³/mol. The van der Waals surface area contributed by atoms with E-state index in [-0.39, 0.29) is 0 Å². The molecule has 13 heavy (non-hydrogen) atoms. The second kappa shape index (κ2) is 4.74. The first-order valence-electron chi connectivity index (χ1n) is 4.37. The number of rotatable bonds is 0. The Hall–Kier alpha value is 1.77. The Morgan fingerprint density at radius 1 is 1.00 bits per heavy atom. The van der Waals surface area contributed by atoms with Crippen LogP contribution in [0.4, 0.5) is 0 Å². The number of benzene rings is 2. The first kappa shape index (κ1) is 11.3. The summed E-state index contributed by atoms with van der Waals surface area (Å²) >= 11 is 1.44. The zero-order chi connectivity index (χ0) is 9.42. The van der Waals surface area contributed by atoms with Crippen molar-refractivity contribution < 1.29 is 5.11 Å². The van der Waals surface area contributed by atoms with E-state index in [4.69, 9.17) is 0 Å². The molecule has 0 bridgehead atoms. The third-order valence-corrected chi connectivity index (χ3v) is 4.48. The quantitative estimate of drug-likeness (QED) is 0.626. The molecule has 2 aromatic rings. The molecule has 0 unspecified atom stereocenters. The van der Waals surface area contributed by atoms with Crippen LogP contribution in [0.25, 0.3) is 10.8 Å². The van der Waals surface area contributed by atoms with Crippen LogP contribution in [-0.4, -0.2) is 103 Å². The third-order valence-electron chi connectivity index (χ3n) is 2.29. The summed E-state index contributed by atoms with van der Waals surface area (Å²) in [5.41, 5.74) is 0. The zero-order valence-electron chi connectivity index (χ0n) is 7.83. The van der Waals surface area contributed by atoms with E-state index in [2.05, 4.69) is 12.1 Å². The van der Waals surface area contributed by atoms with Gasteiger partial charge in [-0.25, -0.2) is 0 Å². The Bertz CT molecular complexity index is 466. The van der Waals surface area contributed by atoms with Crippen LogP contribution in [0.15, 0.2) is 30.3 Å². The number of phenolic OH excluding ortho intramolecular Hbond substituents is 1. The molecule has 0 radical (unpaired) electrons. The summed E-state index contributed by atoms with van der Waals surface area (Å²) < 4.78 is 2.94. The summed E-state index contributed by atoms with van der Waals surface area (Å²) in [6, 6.07) is 10.2. The average Bonchev–Trinajstić information content (AvgIpc) is 2.06. The molecule has 0 amide bonds. The molecule has 0 fully saturated rings. The molecule has 0 aliphatic heterocycles. The van der Waals surface area contributed by atoms with Gasteiger partial charge in [-0.3, -0.25) is 0 Å². The summed E-state index contributed by atoms with van der Waals surface area (Å²) in [6.45, 7) is 0. The van der Waals surface area contributed by atoms with E-state index in [0.29, 0.717) is 54.7 Å². The molecular weight excluding hydrogens is 214 g/mol. The number of phenols is 1. The van der Waals surface area contributed by atoms with Gasteiger partial charge in [0.1, 0.15) is 0 Å². The standard InChI is InChI=1S/C10H6O.2K/c11-10-6-5-8-3-1-2-4-9(8)7-10;;/h2-3,5-7,11H;;. The van der Waals surface area contributed by atoms with Crippen molar-refractivity contribution in [3.63, 3.8) is 0 Å². The number of hydrogen-bond donors (Lipinski definition) is 1. The van der Waals surface area contributed by atoms with Crippen molar-refractivity contribution >= 4 is 108 Å². The molecule has 0 aliphatic rings. The fourth-order valence-corrected chi connectivity index (χ4v) is 5.67. The monoisotopic (exact) mass is 220 g/mol. The van der Waals surface area contributed by atoms with Crippen LogP contribution in [0.3, 0.4) is 0 Å². The summed E-state index contributed by atoms with van der Waals surface area (Å²) in [5, 5.41) is 11.9. The molecular formula is C10H6K2O. The van der Waals surface area contributed by atoms with Gasteiger partial charge in [0, 0.05) is 0 Å². The minimum absolute atomic E-state index is 0.378. The Labute approximate surface area is 145 Å². The molecule has 0 spiro atoms. The first-order chi connectivity index (χ1) is 6.16. The van der Waals surface area contributed by atoms with Crippen LogP contribution >= 0.6 is 0 Å². The van der Waals surface area contributed by atoms with E-state index in [0.717, 1.165) is 49.0 Å². The van der Waals surface area contributed by atoms with E-state index in [9.17, 15) is 5.11 Å². The first-order valence-corrected chi connectivity index (χ1v) is 7.49. The normalized spacial score (nSPS) is 10.8. The van der Waals surface area contributed by atoms with Gasteiger partial charge in [0.2, 0.25) is 0 Å². The van der Waals surface area contributed by atoms with Crippen LogP contribution < -0.4 is -0.684 Å². The zero-order valence-corrected chi connectivity index (χ0v) is 14.1. The van der Waals surface area contributed by atoms with Gasteiger partial charge in [-0.2, -0.15) is 0 Å². The van der Waals surface area contributed by atoms with Crippen molar-refractivity contribution in [3.8, 4) is 5.75 Å². The van der Waals surface area contributed by atoms with Gasteiger partial charge in [0.25, 0.3) is 0 Å². The van der Waals surface area contributed by atoms with Gasteiger partial charge in [0.05, 0.1) is 0 Å². The second-order valence-electron chi connectivity index (χ2n) is 3.49. The predicted octanol–water partition coefficient (Wildman–Crippen LogP) is 0.133. The molecule has 2 rings (SSSR count). The maximum atomic E-state index is 9.36. The second-order valence-corrected chi connectivity index (χ2v) is 6.97. The Morgan fingerprint density at radius 3 is 2.54 bits per heavy atom. The number of fused-ring (bicyclic) bond motifs is 1. The van der Waals surface area contributed by atoms with Gasteiger partial charge < -0.3 is 0 Å². The van der Waals surface area contributed by atoms with Crippen LogP contribution in [0, 0.1) is 0 Å². The van der Waals surface area contributed by atoms with Crippen LogP contribution in [0.2, 0.25) is 0 Å². The molecule has 1 N–H and O–H groups in total. The van der Waals surface area contributed by atoms with Crippen LogP contribution in [-0.2, 0) is 0 Å². The Morgan fingerprint density at radius 2 is 1.77 bits per heavy atom. The van der Waals surface area contributed by atoms with E-state index in [1.807, 2.05) is 12.1 Å². The molecule has 0 saturated carbocycles. The van der Waals surface area contributed by atoms with Crippen LogP contribution in [0.1, 0.15) is 0 Å². The molecule has 0 aliphatic carbocycles. The van der Waals surface area contributed by atoms with E-state index in [1.165, 1.54) is 10.1 Å². The maximum absolute atomic E-state index is 9.36.